The molecule has 1 aromatic heterocycles. The molecule has 0 aliphatic carbocycles. The van der Waals surface area contributed by atoms with E-state index >= 15 is 0 Å². The van der Waals surface area contributed by atoms with Gasteiger partial charge in [0.05, 0.1) is 12.5 Å². The molecule has 0 unspecified atom stereocenters. The van der Waals surface area contributed by atoms with Crippen LogP contribution in [0.5, 0.6) is 0 Å². The van der Waals surface area contributed by atoms with Crippen molar-refractivity contribution in [2.75, 3.05) is 25.0 Å². The van der Waals surface area contributed by atoms with E-state index < -0.39 is 0 Å². The second-order valence-corrected chi connectivity index (χ2v) is 7.62. The third-order valence-corrected chi connectivity index (χ3v) is 5.26. The van der Waals surface area contributed by atoms with Gasteiger partial charge in [-0.1, -0.05) is 6.07 Å². The summed E-state index contributed by atoms with van der Waals surface area (Å²) >= 11 is 0. The minimum absolute atomic E-state index is 0.0867. The lowest BCUT2D eigenvalue weighted by Crippen LogP contribution is -2.40. The number of carbonyl (C=O) groups is 3. The lowest BCUT2D eigenvalue weighted by Gasteiger charge is -2.31. The summed E-state index contributed by atoms with van der Waals surface area (Å²) in [5, 5.41) is 2.74. The van der Waals surface area contributed by atoms with Crippen molar-refractivity contribution < 1.29 is 19.1 Å². The number of benzene rings is 1. The number of carbonyl (C=O) groups excluding carboxylic acids is 3. The van der Waals surface area contributed by atoms with Crippen molar-refractivity contribution in [1.82, 2.24) is 9.47 Å². The van der Waals surface area contributed by atoms with Gasteiger partial charge in [0.2, 0.25) is 5.91 Å². The van der Waals surface area contributed by atoms with Crippen LogP contribution >= 0.6 is 0 Å². The third-order valence-electron chi connectivity index (χ3n) is 5.26. The first kappa shape index (κ1) is 22.3. The zero-order valence-corrected chi connectivity index (χ0v) is 17.8. The van der Waals surface area contributed by atoms with Gasteiger partial charge in [-0.25, -0.2) is 0 Å². The predicted molar refractivity (Wildman–Crippen MR) is 116 cm³/mol. The van der Waals surface area contributed by atoms with Gasteiger partial charge in [0, 0.05) is 36.6 Å². The number of nitrogens with zero attached hydrogens (tertiary/aromatic N) is 2. The van der Waals surface area contributed by atoms with Gasteiger partial charge in [-0.15, -0.1) is 0 Å². The topological polar surface area (TPSA) is 97.7 Å². The fourth-order valence-electron chi connectivity index (χ4n) is 3.59. The minimum atomic E-state index is -0.326. The van der Waals surface area contributed by atoms with Crippen LogP contribution in [0.2, 0.25) is 0 Å². The van der Waals surface area contributed by atoms with E-state index in [4.69, 9.17) is 4.74 Å². The number of hydrogen-bond donors (Lipinski definition) is 1. The van der Waals surface area contributed by atoms with Crippen LogP contribution in [0.4, 0.5) is 5.69 Å². The molecule has 8 heteroatoms. The fraction of sp³-hybridized carbons (Fsp3) is 0.391. The molecule has 1 N–H and O–H groups in total. The highest BCUT2D eigenvalue weighted by atomic mass is 16.5. The summed E-state index contributed by atoms with van der Waals surface area (Å²) in [5.74, 6) is -0.774. The Morgan fingerprint density at radius 3 is 2.39 bits per heavy atom. The molecule has 2 heterocycles. The van der Waals surface area contributed by atoms with Crippen LogP contribution in [-0.2, 0) is 20.9 Å². The maximum absolute atomic E-state index is 12.7. The highest BCUT2D eigenvalue weighted by Gasteiger charge is 2.28. The average Bonchev–Trinajstić information content (AvgIpc) is 2.76. The number of anilines is 1. The first-order valence-electron chi connectivity index (χ1n) is 10.4. The van der Waals surface area contributed by atoms with Crippen LogP contribution in [0.25, 0.3) is 0 Å². The first-order valence-corrected chi connectivity index (χ1v) is 10.4. The summed E-state index contributed by atoms with van der Waals surface area (Å²) in [7, 11) is 0. The molecule has 0 radical (unpaired) electrons. The summed E-state index contributed by atoms with van der Waals surface area (Å²) in [4.78, 5) is 50.4. The van der Waals surface area contributed by atoms with E-state index in [0.29, 0.717) is 43.8 Å². The Labute approximate surface area is 180 Å². The minimum Gasteiger partial charge on any atom is -0.466 e. The lowest BCUT2D eigenvalue weighted by molar-refractivity contribution is -0.149. The number of hydrogen-bond acceptors (Lipinski definition) is 5. The number of pyridine rings is 1. The van der Waals surface area contributed by atoms with E-state index in [1.54, 1.807) is 48.4 Å². The monoisotopic (exact) mass is 425 g/mol. The molecule has 3 rings (SSSR count). The SMILES string of the molecule is CCOC(=O)C1CCN(C(=O)c2ccc(NC(=O)Cn3cc(C)ccc3=O)cc2)CC1. The number of aromatic nitrogens is 1. The number of nitrogens with one attached hydrogen (secondary N) is 1. The number of esters is 1. The summed E-state index contributed by atoms with van der Waals surface area (Å²) < 4.78 is 6.41. The summed E-state index contributed by atoms with van der Waals surface area (Å²) in [5.41, 5.74) is 1.71. The smallest absolute Gasteiger partial charge is 0.309 e. The molecule has 2 amide bonds. The Balaban J connectivity index is 1.54. The van der Waals surface area contributed by atoms with E-state index in [1.807, 2.05) is 6.92 Å². The number of likely N-dealkylation sites (tertiary alicyclic amines) is 1. The normalized spacial score (nSPS) is 14.2. The van der Waals surface area contributed by atoms with E-state index in [2.05, 4.69) is 5.32 Å². The van der Waals surface area contributed by atoms with Crippen LogP contribution < -0.4 is 10.9 Å². The van der Waals surface area contributed by atoms with Gasteiger partial charge in [-0.2, -0.15) is 0 Å². The summed E-state index contributed by atoms with van der Waals surface area (Å²) in [6.45, 7) is 4.92. The standard InChI is InChI=1S/C23H27N3O5/c1-3-31-23(30)18-10-12-25(13-11-18)22(29)17-5-7-19(8-6-17)24-20(27)15-26-14-16(2)4-9-21(26)28/h4-9,14,18H,3,10-13,15H2,1-2H3,(H,24,27). The number of aryl methyl sites for hydroxylation is 1. The zero-order chi connectivity index (χ0) is 22.4. The molecule has 0 bridgehead atoms. The van der Waals surface area contributed by atoms with Crippen LogP contribution in [0.15, 0.2) is 47.4 Å². The second-order valence-electron chi connectivity index (χ2n) is 7.62. The Bertz CT molecular complexity index is 1000. The number of piperidine rings is 1. The largest absolute Gasteiger partial charge is 0.466 e. The number of amides is 2. The van der Waals surface area contributed by atoms with E-state index in [-0.39, 0.29) is 35.8 Å². The number of rotatable bonds is 6. The quantitative estimate of drug-likeness (QED) is 0.716. The molecule has 31 heavy (non-hydrogen) atoms. The van der Waals surface area contributed by atoms with Gasteiger partial charge in [-0.05, 0) is 56.5 Å². The second kappa shape index (κ2) is 10.1. The molecule has 1 fully saturated rings. The molecule has 1 saturated heterocycles. The van der Waals surface area contributed by atoms with Crippen LogP contribution in [0.3, 0.4) is 0 Å². The molecule has 1 aromatic carbocycles. The van der Waals surface area contributed by atoms with Crippen LogP contribution in [0, 0.1) is 12.8 Å². The highest BCUT2D eigenvalue weighted by Crippen LogP contribution is 2.21. The zero-order valence-electron chi connectivity index (χ0n) is 17.8. The van der Waals surface area contributed by atoms with Crippen molar-refractivity contribution in [2.24, 2.45) is 5.92 Å². The maximum Gasteiger partial charge on any atom is 0.309 e. The fourth-order valence-corrected chi connectivity index (χ4v) is 3.59. The van der Waals surface area contributed by atoms with Crippen LogP contribution in [-0.4, -0.2) is 46.9 Å². The Hall–Kier alpha value is -3.42. The molecule has 2 aromatic rings. The molecule has 0 atom stereocenters. The predicted octanol–water partition coefficient (Wildman–Crippen LogP) is 2.21. The van der Waals surface area contributed by atoms with Crippen molar-refractivity contribution in [3.05, 3.63) is 64.1 Å². The van der Waals surface area contributed by atoms with E-state index in [1.165, 1.54) is 10.6 Å². The van der Waals surface area contributed by atoms with Gasteiger partial charge in [-0.3, -0.25) is 19.2 Å². The van der Waals surface area contributed by atoms with Crippen molar-refractivity contribution >= 4 is 23.5 Å². The average molecular weight is 425 g/mol. The highest BCUT2D eigenvalue weighted by molar-refractivity contribution is 5.96. The van der Waals surface area contributed by atoms with Crippen molar-refractivity contribution in [1.29, 1.82) is 0 Å². The lowest BCUT2D eigenvalue weighted by atomic mass is 9.96. The molecule has 0 spiro atoms. The molecular formula is C23H27N3O5. The van der Waals surface area contributed by atoms with Gasteiger partial charge >= 0.3 is 5.97 Å². The summed E-state index contributed by atoms with van der Waals surface area (Å²) in [6, 6.07) is 9.78. The van der Waals surface area contributed by atoms with Gasteiger partial charge in [0.15, 0.2) is 0 Å². The maximum atomic E-state index is 12.7. The molecular weight excluding hydrogens is 398 g/mol. The van der Waals surface area contributed by atoms with E-state index in [0.717, 1.165) is 5.56 Å². The molecule has 0 saturated carbocycles. The first-order chi connectivity index (χ1) is 14.9. The Kier molecular flexibility index (Phi) is 7.23. The summed E-state index contributed by atoms with van der Waals surface area (Å²) in [6.07, 6.45) is 2.82. The molecule has 164 valence electrons. The van der Waals surface area contributed by atoms with Crippen molar-refractivity contribution in [3.63, 3.8) is 0 Å². The van der Waals surface area contributed by atoms with Crippen molar-refractivity contribution in [2.45, 2.75) is 33.2 Å². The van der Waals surface area contributed by atoms with E-state index in [9.17, 15) is 19.2 Å². The molecule has 8 nitrogen and oxygen atoms in total. The molecule has 1 aliphatic rings. The van der Waals surface area contributed by atoms with Gasteiger partial charge in [0.1, 0.15) is 6.54 Å². The Morgan fingerprint density at radius 1 is 1.06 bits per heavy atom. The third kappa shape index (κ3) is 5.81. The van der Waals surface area contributed by atoms with Crippen LogP contribution in [0.1, 0.15) is 35.7 Å². The molecule has 1 aliphatic heterocycles. The van der Waals surface area contributed by atoms with Gasteiger partial charge in [0.25, 0.3) is 11.5 Å². The number of ether oxygens (including phenoxy) is 1. The Morgan fingerprint density at radius 2 is 1.74 bits per heavy atom. The van der Waals surface area contributed by atoms with Crippen molar-refractivity contribution in [3.8, 4) is 0 Å². The van der Waals surface area contributed by atoms with Gasteiger partial charge < -0.3 is 19.5 Å².